The van der Waals surface area contributed by atoms with Gasteiger partial charge in [-0.1, -0.05) is 30.9 Å². The van der Waals surface area contributed by atoms with Crippen LogP contribution in [0.1, 0.15) is 18.1 Å². The van der Waals surface area contributed by atoms with E-state index in [1.54, 1.807) is 18.1 Å². The van der Waals surface area contributed by atoms with Gasteiger partial charge in [0.2, 0.25) is 0 Å². The van der Waals surface area contributed by atoms with Gasteiger partial charge in [0.05, 0.1) is 17.3 Å². The molecule has 0 atom stereocenters. The lowest BCUT2D eigenvalue weighted by Gasteiger charge is -2.13. The fourth-order valence-electron chi connectivity index (χ4n) is 3.03. The zero-order valence-corrected chi connectivity index (χ0v) is 16.4. The number of amides is 1. The maximum Gasteiger partial charge on any atom is 0.258 e. The Balaban J connectivity index is 2.06. The van der Waals surface area contributed by atoms with Crippen LogP contribution in [0.5, 0.6) is 11.5 Å². The number of likely N-dealkylation sites (N-methyl/N-ethyl adjacent to an activating group) is 1. The summed E-state index contributed by atoms with van der Waals surface area (Å²) in [6, 6.07) is 11.6. The summed E-state index contributed by atoms with van der Waals surface area (Å²) in [5, 5.41) is 0. The van der Waals surface area contributed by atoms with Crippen LogP contribution in [0, 0.1) is 0 Å². The lowest BCUT2D eigenvalue weighted by molar-refractivity contribution is -0.112. The van der Waals surface area contributed by atoms with Gasteiger partial charge in [-0.05, 0) is 52.7 Å². The number of hydrogen-bond donors (Lipinski definition) is 0. The Kier molecular flexibility index (Phi) is 5.47. The Labute approximate surface area is 161 Å². The number of carbonyl (C=O) groups is 1. The standard InChI is InChI=1S/C21H20BrNO3/c1-4-10-26-20-17(22)12-14(13-19(20)25-3)11-16-15-8-6-7-9-18(15)23(5-2)21(16)24/h4,6-9,11-13H,1,5,10H2,2-3H3/b16-11-. The number of halogens is 1. The minimum absolute atomic E-state index is 0.00998. The van der Waals surface area contributed by atoms with E-state index in [0.29, 0.717) is 30.2 Å². The minimum Gasteiger partial charge on any atom is -0.493 e. The molecule has 0 spiro atoms. The third-order valence-electron chi connectivity index (χ3n) is 4.19. The molecule has 0 N–H and O–H groups in total. The molecule has 0 saturated carbocycles. The Bertz CT molecular complexity index is 889. The number of benzene rings is 2. The van der Waals surface area contributed by atoms with Gasteiger partial charge in [-0.3, -0.25) is 4.79 Å². The minimum atomic E-state index is 0.00998. The number of nitrogens with zero attached hydrogens (tertiary/aromatic N) is 1. The molecule has 1 heterocycles. The van der Waals surface area contributed by atoms with Crippen LogP contribution in [-0.4, -0.2) is 26.2 Å². The van der Waals surface area contributed by atoms with Crippen LogP contribution in [0.3, 0.4) is 0 Å². The van der Waals surface area contributed by atoms with Gasteiger partial charge in [0.15, 0.2) is 11.5 Å². The molecular weight excluding hydrogens is 394 g/mol. The number of anilines is 1. The van der Waals surface area contributed by atoms with E-state index in [9.17, 15) is 4.79 Å². The Morgan fingerprint density at radius 3 is 2.73 bits per heavy atom. The van der Waals surface area contributed by atoms with Gasteiger partial charge in [0.25, 0.3) is 5.91 Å². The van der Waals surface area contributed by atoms with Crippen molar-refractivity contribution in [1.29, 1.82) is 0 Å². The van der Waals surface area contributed by atoms with Gasteiger partial charge in [-0.2, -0.15) is 0 Å². The van der Waals surface area contributed by atoms with Crippen molar-refractivity contribution in [2.75, 3.05) is 25.2 Å². The molecule has 0 aromatic heterocycles. The van der Waals surface area contributed by atoms with Crippen LogP contribution in [0.4, 0.5) is 5.69 Å². The summed E-state index contributed by atoms with van der Waals surface area (Å²) in [6.45, 7) is 6.65. The third kappa shape index (κ3) is 3.27. The maximum absolute atomic E-state index is 12.8. The molecule has 1 amide bonds. The van der Waals surface area contributed by atoms with E-state index < -0.39 is 0 Å². The maximum atomic E-state index is 12.8. The summed E-state index contributed by atoms with van der Waals surface area (Å²) in [7, 11) is 1.59. The van der Waals surface area contributed by atoms with Crippen molar-refractivity contribution >= 4 is 39.2 Å². The molecule has 0 bridgehead atoms. The van der Waals surface area contributed by atoms with Crippen LogP contribution >= 0.6 is 15.9 Å². The van der Waals surface area contributed by atoms with E-state index in [-0.39, 0.29) is 5.91 Å². The lowest BCUT2D eigenvalue weighted by atomic mass is 10.0. The number of methoxy groups -OCH3 is 1. The molecule has 2 aromatic rings. The summed E-state index contributed by atoms with van der Waals surface area (Å²) < 4.78 is 11.9. The van der Waals surface area contributed by atoms with Crippen LogP contribution in [0.25, 0.3) is 11.6 Å². The van der Waals surface area contributed by atoms with Gasteiger partial charge < -0.3 is 14.4 Å². The fourth-order valence-corrected chi connectivity index (χ4v) is 3.61. The number of carbonyl (C=O) groups excluding carboxylic acids is 1. The van der Waals surface area contributed by atoms with Crippen LogP contribution in [0.15, 0.2) is 53.5 Å². The lowest BCUT2D eigenvalue weighted by Crippen LogP contribution is -2.25. The summed E-state index contributed by atoms with van der Waals surface area (Å²) in [4.78, 5) is 14.6. The Morgan fingerprint density at radius 2 is 2.04 bits per heavy atom. The zero-order valence-electron chi connectivity index (χ0n) is 14.8. The van der Waals surface area contributed by atoms with Crippen molar-refractivity contribution in [2.24, 2.45) is 0 Å². The van der Waals surface area contributed by atoms with Crippen LogP contribution < -0.4 is 14.4 Å². The van der Waals surface area contributed by atoms with Crippen molar-refractivity contribution in [3.05, 3.63) is 64.7 Å². The molecule has 5 heteroatoms. The quantitative estimate of drug-likeness (QED) is 0.497. The van der Waals surface area contributed by atoms with E-state index in [0.717, 1.165) is 21.3 Å². The molecule has 0 fully saturated rings. The SMILES string of the molecule is C=CCOc1c(Br)cc(/C=C2\C(=O)N(CC)c3ccccc32)cc1OC. The first-order valence-electron chi connectivity index (χ1n) is 8.34. The first-order valence-corrected chi connectivity index (χ1v) is 9.14. The van der Waals surface area contributed by atoms with Crippen LogP contribution in [0.2, 0.25) is 0 Å². The topological polar surface area (TPSA) is 38.8 Å². The van der Waals surface area contributed by atoms with Crippen molar-refractivity contribution in [1.82, 2.24) is 0 Å². The van der Waals surface area contributed by atoms with E-state index >= 15 is 0 Å². The molecular formula is C21H20BrNO3. The predicted molar refractivity (Wildman–Crippen MR) is 109 cm³/mol. The molecule has 0 aliphatic carbocycles. The smallest absolute Gasteiger partial charge is 0.258 e. The van der Waals surface area contributed by atoms with Crippen molar-refractivity contribution in [3.63, 3.8) is 0 Å². The van der Waals surface area contributed by atoms with Gasteiger partial charge in [0.1, 0.15) is 6.61 Å². The second kappa shape index (κ2) is 7.79. The Hall–Kier alpha value is -2.53. The highest BCUT2D eigenvalue weighted by Crippen LogP contribution is 2.40. The molecule has 3 rings (SSSR count). The fraction of sp³-hybridized carbons (Fsp3) is 0.190. The first-order chi connectivity index (χ1) is 12.6. The monoisotopic (exact) mass is 413 g/mol. The van der Waals surface area contributed by atoms with E-state index in [1.165, 1.54) is 0 Å². The van der Waals surface area contributed by atoms with Crippen molar-refractivity contribution in [3.8, 4) is 11.5 Å². The summed E-state index contributed by atoms with van der Waals surface area (Å²) in [6.07, 6.45) is 3.57. The summed E-state index contributed by atoms with van der Waals surface area (Å²) >= 11 is 3.53. The number of hydrogen-bond acceptors (Lipinski definition) is 3. The molecule has 1 aliphatic heterocycles. The van der Waals surface area contributed by atoms with Gasteiger partial charge in [-0.25, -0.2) is 0 Å². The number of rotatable bonds is 6. The van der Waals surface area contributed by atoms with Gasteiger partial charge in [-0.15, -0.1) is 0 Å². The molecule has 0 radical (unpaired) electrons. The highest BCUT2D eigenvalue weighted by molar-refractivity contribution is 9.10. The molecule has 1 aliphatic rings. The molecule has 2 aromatic carbocycles. The number of ether oxygens (including phenoxy) is 2. The zero-order chi connectivity index (χ0) is 18.7. The van der Waals surface area contributed by atoms with Crippen molar-refractivity contribution < 1.29 is 14.3 Å². The third-order valence-corrected chi connectivity index (χ3v) is 4.77. The second-order valence-corrected chi connectivity index (χ2v) is 6.61. The van der Waals surface area contributed by atoms with E-state index in [1.807, 2.05) is 49.4 Å². The van der Waals surface area contributed by atoms with E-state index in [2.05, 4.69) is 22.5 Å². The largest absolute Gasteiger partial charge is 0.493 e. The molecule has 134 valence electrons. The highest BCUT2D eigenvalue weighted by Gasteiger charge is 2.30. The second-order valence-electron chi connectivity index (χ2n) is 5.76. The first kappa shape index (κ1) is 18.3. The number of fused-ring (bicyclic) bond motifs is 1. The van der Waals surface area contributed by atoms with E-state index in [4.69, 9.17) is 9.47 Å². The number of para-hydroxylation sites is 1. The van der Waals surface area contributed by atoms with Gasteiger partial charge >= 0.3 is 0 Å². The molecule has 0 saturated heterocycles. The Morgan fingerprint density at radius 1 is 1.27 bits per heavy atom. The summed E-state index contributed by atoms with van der Waals surface area (Å²) in [5.74, 6) is 1.22. The normalized spacial score (nSPS) is 14.5. The molecule has 4 nitrogen and oxygen atoms in total. The summed E-state index contributed by atoms with van der Waals surface area (Å²) in [5.41, 5.74) is 3.43. The average Bonchev–Trinajstić information content (AvgIpc) is 2.91. The van der Waals surface area contributed by atoms with Gasteiger partial charge in [0, 0.05) is 17.7 Å². The van der Waals surface area contributed by atoms with Crippen LogP contribution in [-0.2, 0) is 4.79 Å². The highest BCUT2D eigenvalue weighted by atomic mass is 79.9. The molecule has 26 heavy (non-hydrogen) atoms. The average molecular weight is 414 g/mol. The predicted octanol–water partition coefficient (Wildman–Crippen LogP) is 4.93. The van der Waals surface area contributed by atoms with Crippen molar-refractivity contribution in [2.45, 2.75) is 6.92 Å². The molecule has 0 unspecified atom stereocenters.